The van der Waals surface area contributed by atoms with Crippen LogP contribution in [0, 0.1) is 0 Å². The molecule has 3 N–H and O–H groups in total. The third-order valence-corrected chi connectivity index (χ3v) is 4.16. The molecule has 0 bridgehead atoms. The first-order valence-corrected chi connectivity index (χ1v) is 9.05. The normalized spacial score (nSPS) is 11.5. The summed E-state index contributed by atoms with van der Waals surface area (Å²) < 4.78 is 16.4. The van der Waals surface area contributed by atoms with E-state index in [1.54, 1.807) is 54.6 Å². The quantitative estimate of drug-likeness (QED) is 0.597. The van der Waals surface area contributed by atoms with E-state index in [1.165, 1.54) is 13.2 Å². The highest BCUT2D eigenvalue weighted by Crippen LogP contribution is 2.34. The highest BCUT2D eigenvalue weighted by molar-refractivity contribution is 6.00. The number of nitrogens with zero attached hydrogens (tertiary/aromatic N) is 1. The van der Waals surface area contributed by atoms with Crippen molar-refractivity contribution in [2.24, 2.45) is 0 Å². The van der Waals surface area contributed by atoms with Gasteiger partial charge in [0.25, 0.3) is 5.91 Å². The molecule has 4 rings (SSSR count). The Morgan fingerprint density at radius 1 is 0.967 bits per heavy atom. The third-order valence-electron chi connectivity index (χ3n) is 4.16. The van der Waals surface area contributed by atoms with Gasteiger partial charge in [0.05, 0.1) is 0 Å². The zero-order valence-electron chi connectivity index (χ0n) is 16.0. The molecule has 1 aromatic heterocycles. The van der Waals surface area contributed by atoms with Crippen molar-refractivity contribution in [1.82, 2.24) is 10.3 Å². The lowest BCUT2D eigenvalue weighted by Crippen LogP contribution is -2.20. The summed E-state index contributed by atoms with van der Waals surface area (Å²) in [6, 6.07) is 14.8. The number of amides is 3. The lowest BCUT2D eigenvalue weighted by Gasteiger charge is -2.11. The van der Waals surface area contributed by atoms with Crippen molar-refractivity contribution in [2.75, 3.05) is 24.5 Å². The second-order valence-corrected chi connectivity index (χ2v) is 6.21. The number of pyridine rings is 1. The number of hydrogen-bond acceptors (Lipinski definition) is 6. The van der Waals surface area contributed by atoms with Crippen molar-refractivity contribution in [1.29, 1.82) is 0 Å². The molecule has 1 aliphatic heterocycles. The minimum atomic E-state index is -0.432. The molecule has 2 aromatic carbocycles. The Bertz CT molecular complexity index is 1100. The summed E-state index contributed by atoms with van der Waals surface area (Å²) >= 11 is 0. The predicted molar refractivity (Wildman–Crippen MR) is 109 cm³/mol. The molecule has 3 aromatic rings. The van der Waals surface area contributed by atoms with Crippen LogP contribution in [0.4, 0.5) is 16.2 Å². The second kappa shape index (κ2) is 8.39. The average Bonchev–Trinajstić information content (AvgIpc) is 3.21. The first-order chi connectivity index (χ1) is 14.6. The number of hydrogen-bond donors (Lipinski definition) is 3. The summed E-state index contributed by atoms with van der Waals surface area (Å²) in [6.45, 7) is 0.163. The number of urea groups is 1. The van der Waals surface area contributed by atoms with E-state index in [9.17, 15) is 9.59 Å². The molecule has 0 radical (unpaired) electrons. The summed E-state index contributed by atoms with van der Waals surface area (Å²) in [5, 5.41) is 7.99. The molecule has 30 heavy (non-hydrogen) atoms. The molecule has 2 heterocycles. The Hall–Kier alpha value is -4.27. The number of carbonyl (C=O) groups is 2. The second-order valence-electron chi connectivity index (χ2n) is 6.21. The van der Waals surface area contributed by atoms with Crippen LogP contribution >= 0.6 is 0 Å². The summed E-state index contributed by atoms with van der Waals surface area (Å²) in [4.78, 5) is 28.3. The van der Waals surface area contributed by atoms with Gasteiger partial charge in [0.15, 0.2) is 22.9 Å². The number of rotatable bonds is 5. The van der Waals surface area contributed by atoms with Crippen molar-refractivity contribution in [2.45, 2.75) is 0 Å². The lowest BCUT2D eigenvalue weighted by molar-refractivity contribution is 0.0955. The van der Waals surface area contributed by atoms with E-state index >= 15 is 0 Å². The largest absolute Gasteiger partial charge is 0.455 e. The molecule has 0 atom stereocenters. The number of anilines is 2. The number of benzene rings is 2. The maximum atomic E-state index is 12.3. The third kappa shape index (κ3) is 4.25. The zero-order chi connectivity index (χ0) is 20.9. The minimum Gasteiger partial charge on any atom is -0.455 e. The van der Waals surface area contributed by atoms with Crippen molar-refractivity contribution < 1.29 is 23.8 Å². The smallest absolute Gasteiger partial charge is 0.323 e. The van der Waals surface area contributed by atoms with E-state index < -0.39 is 6.03 Å². The van der Waals surface area contributed by atoms with Crippen LogP contribution in [0.15, 0.2) is 60.8 Å². The molecule has 3 amide bonds. The van der Waals surface area contributed by atoms with E-state index in [2.05, 4.69) is 20.9 Å². The van der Waals surface area contributed by atoms with Gasteiger partial charge < -0.3 is 30.2 Å². The Labute approximate surface area is 172 Å². The topological polar surface area (TPSA) is 111 Å². The van der Waals surface area contributed by atoms with Gasteiger partial charge in [0, 0.05) is 36.8 Å². The fourth-order valence-electron chi connectivity index (χ4n) is 2.79. The average molecular weight is 406 g/mol. The first-order valence-electron chi connectivity index (χ1n) is 9.05. The fourth-order valence-corrected chi connectivity index (χ4v) is 2.79. The molecule has 0 unspecified atom stereocenters. The van der Waals surface area contributed by atoms with E-state index in [0.29, 0.717) is 34.4 Å². The molecule has 9 nitrogen and oxygen atoms in total. The van der Waals surface area contributed by atoms with Crippen molar-refractivity contribution in [3.8, 4) is 23.0 Å². The van der Waals surface area contributed by atoms with E-state index in [4.69, 9.17) is 14.2 Å². The Morgan fingerprint density at radius 3 is 2.60 bits per heavy atom. The van der Waals surface area contributed by atoms with Gasteiger partial charge in [0.2, 0.25) is 6.79 Å². The van der Waals surface area contributed by atoms with Crippen LogP contribution in [-0.4, -0.2) is 30.8 Å². The van der Waals surface area contributed by atoms with Crippen LogP contribution in [0.1, 0.15) is 10.5 Å². The molecule has 152 valence electrons. The lowest BCUT2D eigenvalue weighted by atomic mass is 10.2. The van der Waals surface area contributed by atoms with E-state index in [1.807, 2.05) is 0 Å². The van der Waals surface area contributed by atoms with Gasteiger partial charge in [-0.2, -0.15) is 0 Å². The minimum absolute atomic E-state index is 0.163. The maximum absolute atomic E-state index is 12.3. The zero-order valence-corrected chi connectivity index (χ0v) is 16.0. The van der Waals surface area contributed by atoms with Crippen molar-refractivity contribution >= 4 is 23.3 Å². The molecular weight excluding hydrogens is 388 g/mol. The van der Waals surface area contributed by atoms with Gasteiger partial charge in [-0.25, -0.2) is 9.78 Å². The molecule has 0 aliphatic carbocycles. The number of aromatic nitrogens is 1. The van der Waals surface area contributed by atoms with Gasteiger partial charge in [0.1, 0.15) is 5.75 Å². The number of nitrogens with one attached hydrogen (secondary N) is 3. The Morgan fingerprint density at radius 2 is 1.77 bits per heavy atom. The molecule has 9 heteroatoms. The summed E-state index contributed by atoms with van der Waals surface area (Å²) in [6.07, 6.45) is 1.51. The van der Waals surface area contributed by atoms with Crippen molar-refractivity contribution in [3.05, 3.63) is 66.5 Å². The van der Waals surface area contributed by atoms with Gasteiger partial charge in [-0.3, -0.25) is 4.79 Å². The van der Waals surface area contributed by atoms with Gasteiger partial charge in [-0.05, 0) is 36.4 Å². The van der Waals surface area contributed by atoms with Crippen LogP contribution in [0.25, 0.3) is 0 Å². The number of fused-ring (bicyclic) bond motifs is 1. The fraction of sp³-hybridized carbons (Fsp3) is 0.0952. The molecule has 1 aliphatic rings. The highest BCUT2D eigenvalue weighted by Gasteiger charge is 2.15. The summed E-state index contributed by atoms with van der Waals surface area (Å²) in [7, 11) is 1.52. The van der Waals surface area contributed by atoms with E-state index in [-0.39, 0.29) is 18.4 Å². The molecular formula is C21H18N4O5. The van der Waals surface area contributed by atoms with Gasteiger partial charge in [-0.1, -0.05) is 6.07 Å². The number of ether oxygens (including phenoxy) is 3. The van der Waals surface area contributed by atoms with Crippen LogP contribution in [-0.2, 0) is 0 Å². The molecule has 0 saturated carbocycles. The molecule has 0 spiro atoms. The maximum Gasteiger partial charge on any atom is 0.323 e. The van der Waals surface area contributed by atoms with Gasteiger partial charge >= 0.3 is 6.03 Å². The Kier molecular flexibility index (Phi) is 5.33. The number of carbonyl (C=O) groups excluding carboxylic acids is 2. The molecule has 0 fully saturated rings. The predicted octanol–water partition coefficient (Wildman–Crippen LogP) is 3.61. The molecule has 0 saturated heterocycles. The standard InChI is InChI=1S/C21H18N4O5/c1-22-20(26)19-17(6-3-9-23-19)30-15-5-2-4-13(10-15)24-21(27)25-14-7-8-16-18(11-14)29-12-28-16/h2-11H,12H2,1H3,(H,22,26)(H2,24,25,27). The Balaban J connectivity index is 1.44. The highest BCUT2D eigenvalue weighted by atomic mass is 16.7. The summed E-state index contributed by atoms with van der Waals surface area (Å²) in [5.74, 6) is 1.60. The van der Waals surface area contributed by atoms with Crippen LogP contribution in [0.2, 0.25) is 0 Å². The van der Waals surface area contributed by atoms with Crippen LogP contribution < -0.4 is 30.2 Å². The van der Waals surface area contributed by atoms with E-state index in [0.717, 1.165) is 0 Å². The van der Waals surface area contributed by atoms with Gasteiger partial charge in [-0.15, -0.1) is 0 Å². The van der Waals surface area contributed by atoms with Crippen LogP contribution in [0.3, 0.4) is 0 Å². The summed E-state index contributed by atoms with van der Waals surface area (Å²) in [5.41, 5.74) is 1.24. The van der Waals surface area contributed by atoms with Crippen LogP contribution in [0.5, 0.6) is 23.0 Å². The monoisotopic (exact) mass is 406 g/mol. The van der Waals surface area contributed by atoms with Crippen molar-refractivity contribution in [3.63, 3.8) is 0 Å². The first kappa shape index (κ1) is 19.1. The SMILES string of the molecule is CNC(=O)c1ncccc1Oc1cccc(NC(=O)Nc2ccc3c(c2)OCO3)c1.